The molecule has 0 bridgehead atoms. The fourth-order valence-corrected chi connectivity index (χ4v) is 2.77. The standard InChI is InChI=1S/C15H14Cl3NO/c1-9(12-5-3-10(16)7-13(12)17)19-11-4-6-15(20-2)14(18)8-11/h3-9,19H,1-2H3. The quantitative estimate of drug-likeness (QED) is 0.761. The first-order valence-electron chi connectivity index (χ1n) is 6.06. The molecule has 1 unspecified atom stereocenters. The van der Waals surface area contributed by atoms with Crippen molar-refractivity contribution in [2.24, 2.45) is 0 Å². The maximum Gasteiger partial charge on any atom is 0.137 e. The van der Waals surface area contributed by atoms with Crippen molar-refractivity contribution < 1.29 is 4.74 Å². The zero-order chi connectivity index (χ0) is 14.7. The summed E-state index contributed by atoms with van der Waals surface area (Å²) in [5.74, 6) is 0.648. The Morgan fingerprint density at radius 3 is 2.35 bits per heavy atom. The Morgan fingerprint density at radius 2 is 1.75 bits per heavy atom. The van der Waals surface area contributed by atoms with Crippen molar-refractivity contribution in [2.75, 3.05) is 12.4 Å². The lowest BCUT2D eigenvalue weighted by Crippen LogP contribution is -2.07. The van der Waals surface area contributed by atoms with E-state index in [1.807, 2.05) is 37.3 Å². The molecule has 0 radical (unpaired) electrons. The maximum atomic E-state index is 6.20. The minimum Gasteiger partial charge on any atom is -0.495 e. The number of nitrogens with one attached hydrogen (secondary N) is 1. The highest BCUT2D eigenvalue weighted by Crippen LogP contribution is 2.31. The molecule has 0 saturated heterocycles. The molecular formula is C15H14Cl3NO. The van der Waals surface area contributed by atoms with Crippen LogP contribution in [-0.4, -0.2) is 7.11 Å². The van der Waals surface area contributed by atoms with Gasteiger partial charge in [-0.1, -0.05) is 40.9 Å². The Hall–Kier alpha value is -1.09. The predicted molar refractivity (Wildman–Crippen MR) is 86.5 cm³/mol. The Labute approximate surface area is 133 Å². The molecule has 5 heteroatoms. The van der Waals surface area contributed by atoms with Crippen LogP contribution in [0.5, 0.6) is 5.75 Å². The molecular weight excluding hydrogens is 317 g/mol. The average molecular weight is 331 g/mol. The molecule has 2 rings (SSSR count). The molecule has 1 atom stereocenters. The maximum absolute atomic E-state index is 6.20. The Balaban J connectivity index is 2.18. The van der Waals surface area contributed by atoms with Gasteiger partial charge in [0.2, 0.25) is 0 Å². The van der Waals surface area contributed by atoms with Crippen molar-refractivity contribution in [1.29, 1.82) is 0 Å². The Morgan fingerprint density at radius 1 is 1.00 bits per heavy atom. The van der Waals surface area contributed by atoms with Crippen molar-refractivity contribution in [2.45, 2.75) is 13.0 Å². The number of hydrogen-bond donors (Lipinski definition) is 1. The van der Waals surface area contributed by atoms with Gasteiger partial charge in [0.1, 0.15) is 5.75 Å². The minimum absolute atomic E-state index is 0.0317. The molecule has 0 aliphatic carbocycles. The summed E-state index contributed by atoms with van der Waals surface area (Å²) >= 11 is 18.2. The normalized spacial score (nSPS) is 12.1. The van der Waals surface area contributed by atoms with Crippen LogP contribution in [0.4, 0.5) is 5.69 Å². The summed E-state index contributed by atoms with van der Waals surface area (Å²) in [6.45, 7) is 2.02. The van der Waals surface area contributed by atoms with Crippen LogP contribution in [0.1, 0.15) is 18.5 Å². The molecule has 2 aromatic carbocycles. The van der Waals surface area contributed by atoms with E-state index < -0.39 is 0 Å². The van der Waals surface area contributed by atoms with Gasteiger partial charge in [-0.25, -0.2) is 0 Å². The van der Waals surface area contributed by atoms with Gasteiger partial charge in [-0.05, 0) is 42.8 Å². The van der Waals surface area contributed by atoms with Crippen LogP contribution in [-0.2, 0) is 0 Å². The van der Waals surface area contributed by atoms with Gasteiger partial charge in [0.05, 0.1) is 12.1 Å². The number of rotatable bonds is 4. The SMILES string of the molecule is COc1ccc(NC(C)c2ccc(Cl)cc2Cl)cc1Cl. The lowest BCUT2D eigenvalue weighted by molar-refractivity contribution is 0.415. The molecule has 1 N–H and O–H groups in total. The molecule has 0 aliphatic heterocycles. The second kappa shape index (κ2) is 6.57. The summed E-state index contributed by atoms with van der Waals surface area (Å²) in [4.78, 5) is 0. The molecule has 0 heterocycles. The van der Waals surface area contributed by atoms with Crippen LogP contribution in [0, 0.1) is 0 Å². The van der Waals surface area contributed by atoms with E-state index in [1.165, 1.54) is 0 Å². The minimum atomic E-state index is 0.0317. The van der Waals surface area contributed by atoms with E-state index in [-0.39, 0.29) is 6.04 Å². The summed E-state index contributed by atoms with van der Waals surface area (Å²) in [5.41, 5.74) is 1.87. The van der Waals surface area contributed by atoms with E-state index in [0.717, 1.165) is 11.3 Å². The van der Waals surface area contributed by atoms with E-state index in [2.05, 4.69) is 5.32 Å². The van der Waals surface area contributed by atoms with E-state index in [1.54, 1.807) is 13.2 Å². The van der Waals surface area contributed by atoms with Gasteiger partial charge in [0.25, 0.3) is 0 Å². The van der Waals surface area contributed by atoms with Crippen LogP contribution < -0.4 is 10.1 Å². The Kier molecular flexibility index (Phi) is 5.03. The summed E-state index contributed by atoms with van der Waals surface area (Å²) in [6.07, 6.45) is 0. The monoisotopic (exact) mass is 329 g/mol. The van der Waals surface area contributed by atoms with E-state index >= 15 is 0 Å². The van der Waals surface area contributed by atoms with Crippen molar-refractivity contribution in [3.63, 3.8) is 0 Å². The molecule has 0 amide bonds. The first-order valence-corrected chi connectivity index (χ1v) is 7.19. The van der Waals surface area contributed by atoms with Crippen molar-refractivity contribution >= 4 is 40.5 Å². The van der Waals surface area contributed by atoms with Gasteiger partial charge in [-0.15, -0.1) is 0 Å². The third-order valence-electron chi connectivity index (χ3n) is 2.96. The summed E-state index contributed by atoms with van der Waals surface area (Å²) in [5, 5.41) is 5.16. The van der Waals surface area contributed by atoms with Crippen molar-refractivity contribution in [3.05, 3.63) is 57.0 Å². The molecule has 106 valence electrons. The van der Waals surface area contributed by atoms with Gasteiger partial charge in [-0.3, -0.25) is 0 Å². The third kappa shape index (κ3) is 3.51. The van der Waals surface area contributed by atoms with Crippen LogP contribution in [0.2, 0.25) is 15.1 Å². The van der Waals surface area contributed by atoms with Gasteiger partial charge in [0, 0.05) is 21.8 Å². The number of hydrogen-bond acceptors (Lipinski definition) is 2. The van der Waals surface area contributed by atoms with Gasteiger partial charge >= 0.3 is 0 Å². The van der Waals surface area contributed by atoms with E-state index in [4.69, 9.17) is 39.5 Å². The van der Waals surface area contributed by atoms with Gasteiger partial charge in [-0.2, -0.15) is 0 Å². The molecule has 2 nitrogen and oxygen atoms in total. The molecule has 20 heavy (non-hydrogen) atoms. The lowest BCUT2D eigenvalue weighted by Gasteiger charge is -2.18. The van der Waals surface area contributed by atoms with Crippen molar-refractivity contribution in [1.82, 2.24) is 0 Å². The van der Waals surface area contributed by atoms with Gasteiger partial charge < -0.3 is 10.1 Å². The molecule has 0 saturated carbocycles. The highest BCUT2D eigenvalue weighted by Gasteiger charge is 2.11. The largest absolute Gasteiger partial charge is 0.495 e. The number of benzene rings is 2. The fraction of sp³-hybridized carbons (Fsp3) is 0.200. The van der Waals surface area contributed by atoms with Crippen molar-refractivity contribution in [3.8, 4) is 5.75 Å². The summed E-state index contributed by atoms with van der Waals surface area (Å²) in [6, 6.07) is 11.0. The topological polar surface area (TPSA) is 21.3 Å². The highest BCUT2D eigenvalue weighted by molar-refractivity contribution is 6.35. The average Bonchev–Trinajstić information content (AvgIpc) is 2.38. The summed E-state index contributed by atoms with van der Waals surface area (Å²) < 4.78 is 5.13. The number of methoxy groups -OCH3 is 1. The summed E-state index contributed by atoms with van der Waals surface area (Å²) in [7, 11) is 1.59. The highest BCUT2D eigenvalue weighted by atomic mass is 35.5. The second-order valence-corrected chi connectivity index (χ2v) is 5.63. The van der Waals surface area contributed by atoms with Gasteiger partial charge in [0.15, 0.2) is 0 Å². The number of anilines is 1. The van der Waals surface area contributed by atoms with Crippen LogP contribution in [0.25, 0.3) is 0 Å². The molecule has 2 aromatic rings. The van der Waals surface area contributed by atoms with E-state index in [0.29, 0.717) is 20.8 Å². The van der Waals surface area contributed by atoms with Crippen LogP contribution in [0.15, 0.2) is 36.4 Å². The zero-order valence-electron chi connectivity index (χ0n) is 11.1. The molecule has 0 aromatic heterocycles. The lowest BCUT2D eigenvalue weighted by atomic mass is 10.1. The number of halogens is 3. The Bertz CT molecular complexity index is 616. The fourth-order valence-electron chi connectivity index (χ4n) is 1.94. The first kappa shape index (κ1) is 15.3. The molecule has 0 aliphatic rings. The van der Waals surface area contributed by atoms with Crippen LogP contribution in [0.3, 0.4) is 0 Å². The first-order chi connectivity index (χ1) is 9.51. The predicted octanol–water partition coefficient (Wildman–Crippen LogP) is 5.83. The molecule has 0 fully saturated rings. The number of ether oxygens (including phenoxy) is 1. The smallest absolute Gasteiger partial charge is 0.137 e. The molecule has 0 spiro atoms. The van der Waals surface area contributed by atoms with Crippen LogP contribution >= 0.6 is 34.8 Å². The van der Waals surface area contributed by atoms with E-state index in [9.17, 15) is 0 Å². The third-order valence-corrected chi connectivity index (χ3v) is 3.82. The zero-order valence-corrected chi connectivity index (χ0v) is 13.4. The second-order valence-electron chi connectivity index (χ2n) is 4.38.